The first kappa shape index (κ1) is 16.1. The first-order chi connectivity index (χ1) is 12.0. The predicted octanol–water partition coefficient (Wildman–Crippen LogP) is 2.19. The van der Waals surface area contributed by atoms with E-state index >= 15 is 0 Å². The summed E-state index contributed by atoms with van der Waals surface area (Å²) in [6.45, 7) is 0.0336. The lowest BCUT2D eigenvalue weighted by Gasteiger charge is -2.10. The summed E-state index contributed by atoms with van der Waals surface area (Å²) in [5, 5.41) is 9.71. The number of fused-ring (bicyclic) bond motifs is 3. The second kappa shape index (κ2) is 5.82. The maximum atomic E-state index is 12.4. The first-order valence-corrected chi connectivity index (χ1v) is 9.72. The zero-order chi connectivity index (χ0) is 17.6. The SMILES string of the molecule is O=C(CO)c1ccc(Cn2c3c(c4ccccc42)S(=O)(=O)CC3)cc1. The Balaban J connectivity index is 1.80. The van der Waals surface area contributed by atoms with E-state index in [1.54, 1.807) is 12.1 Å². The molecule has 0 saturated carbocycles. The summed E-state index contributed by atoms with van der Waals surface area (Å²) >= 11 is 0. The summed E-state index contributed by atoms with van der Waals surface area (Å²) < 4.78 is 26.9. The van der Waals surface area contributed by atoms with Crippen molar-refractivity contribution in [1.29, 1.82) is 0 Å². The molecule has 0 amide bonds. The minimum atomic E-state index is -3.22. The van der Waals surface area contributed by atoms with E-state index in [0.29, 0.717) is 23.4 Å². The van der Waals surface area contributed by atoms with Crippen LogP contribution in [0, 0.1) is 0 Å². The van der Waals surface area contributed by atoms with Gasteiger partial charge in [-0.05, 0) is 11.6 Å². The van der Waals surface area contributed by atoms with Crippen molar-refractivity contribution in [3.8, 4) is 0 Å². The highest BCUT2D eigenvalue weighted by atomic mass is 32.2. The molecular weight excluding hydrogens is 338 g/mol. The zero-order valence-electron chi connectivity index (χ0n) is 13.5. The van der Waals surface area contributed by atoms with Gasteiger partial charge in [0.1, 0.15) is 6.61 Å². The third kappa shape index (κ3) is 2.58. The van der Waals surface area contributed by atoms with Crippen LogP contribution in [0.15, 0.2) is 53.4 Å². The Kier molecular flexibility index (Phi) is 3.74. The molecule has 1 N–H and O–H groups in total. The van der Waals surface area contributed by atoms with E-state index in [1.807, 2.05) is 36.4 Å². The second-order valence-electron chi connectivity index (χ2n) is 6.23. The molecule has 5 nitrogen and oxygen atoms in total. The number of rotatable bonds is 4. The van der Waals surface area contributed by atoms with Crippen LogP contribution >= 0.6 is 0 Å². The Bertz CT molecular complexity index is 1080. The van der Waals surface area contributed by atoms with Crippen molar-refractivity contribution in [2.45, 2.75) is 17.9 Å². The van der Waals surface area contributed by atoms with Crippen molar-refractivity contribution in [3.05, 3.63) is 65.4 Å². The molecule has 0 aliphatic carbocycles. The van der Waals surface area contributed by atoms with Crippen LogP contribution in [0.1, 0.15) is 21.6 Å². The first-order valence-electron chi connectivity index (χ1n) is 8.07. The zero-order valence-corrected chi connectivity index (χ0v) is 14.3. The second-order valence-corrected chi connectivity index (χ2v) is 8.27. The van der Waals surface area contributed by atoms with Gasteiger partial charge < -0.3 is 9.67 Å². The lowest BCUT2D eigenvalue weighted by Crippen LogP contribution is -2.06. The Morgan fingerprint density at radius 1 is 1.08 bits per heavy atom. The molecule has 25 heavy (non-hydrogen) atoms. The number of sulfone groups is 1. The van der Waals surface area contributed by atoms with Gasteiger partial charge >= 0.3 is 0 Å². The maximum Gasteiger partial charge on any atom is 0.188 e. The molecule has 3 aromatic rings. The van der Waals surface area contributed by atoms with Gasteiger partial charge in [-0.3, -0.25) is 4.79 Å². The van der Waals surface area contributed by atoms with Crippen LogP contribution in [0.2, 0.25) is 0 Å². The number of ketones is 1. The Labute approximate surface area is 145 Å². The molecule has 0 radical (unpaired) electrons. The number of carbonyl (C=O) groups excluding carboxylic acids is 1. The Hall–Kier alpha value is -2.44. The molecule has 1 aliphatic heterocycles. The summed E-state index contributed by atoms with van der Waals surface area (Å²) in [4.78, 5) is 12.0. The number of hydrogen-bond donors (Lipinski definition) is 1. The molecule has 128 valence electrons. The molecular formula is C19H17NO4S. The summed E-state index contributed by atoms with van der Waals surface area (Å²) in [5.41, 5.74) is 3.21. The van der Waals surface area contributed by atoms with Crippen LogP contribution in [-0.4, -0.2) is 36.2 Å². The molecule has 2 aromatic carbocycles. The number of para-hydroxylation sites is 1. The number of Topliss-reactive ketones (excluding diaryl/α,β-unsaturated/α-hetero) is 1. The largest absolute Gasteiger partial charge is 0.388 e. The molecule has 1 aliphatic rings. The molecule has 6 heteroatoms. The summed E-state index contributed by atoms with van der Waals surface area (Å²) in [6.07, 6.45) is 0.521. The van der Waals surface area contributed by atoms with Crippen molar-refractivity contribution in [2.24, 2.45) is 0 Å². The number of aliphatic hydroxyl groups is 1. The summed E-state index contributed by atoms with van der Waals surface area (Å²) in [5.74, 6) is -0.156. The Morgan fingerprint density at radius 3 is 2.52 bits per heavy atom. The fourth-order valence-corrected chi connectivity index (χ4v) is 5.25. The smallest absolute Gasteiger partial charge is 0.188 e. The highest BCUT2D eigenvalue weighted by molar-refractivity contribution is 7.92. The van der Waals surface area contributed by atoms with Crippen molar-refractivity contribution in [2.75, 3.05) is 12.4 Å². The van der Waals surface area contributed by atoms with E-state index in [-0.39, 0.29) is 11.5 Å². The van der Waals surface area contributed by atoms with E-state index in [2.05, 4.69) is 4.57 Å². The average molecular weight is 355 g/mol. The van der Waals surface area contributed by atoms with Crippen molar-refractivity contribution < 1.29 is 18.3 Å². The standard InChI is InChI=1S/C19H17NO4S/c21-12-18(22)14-7-5-13(6-8-14)11-20-16-4-2-1-3-15(16)19-17(20)9-10-25(19,23)24/h1-8,21H,9-12H2. The lowest BCUT2D eigenvalue weighted by molar-refractivity contribution is 0.0903. The van der Waals surface area contributed by atoms with Gasteiger partial charge in [0.05, 0.1) is 10.6 Å². The molecule has 4 rings (SSSR count). The van der Waals surface area contributed by atoms with Gasteiger partial charge in [0.25, 0.3) is 0 Å². The quantitative estimate of drug-likeness (QED) is 0.728. The van der Waals surface area contributed by atoms with E-state index in [1.165, 1.54) is 0 Å². The summed E-state index contributed by atoms with van der Waals surface area (Å²) in [6, 6.07) is 14.6. The molecule has 2 heterocycles. The van der Waals surface area contributed by atoms with Crippen molar-refractivity contribution >= 4 is 26.5 Å². The summed E-state index contributed by atoms with van der Waals surface area (Å²) in [7, 11) is -3.22. The molecule has 0 atom stereocenters. The lowest BCUT2D eigenvalue weighted by atomic mass is 10.1. The van der Waals surface area contributed by atoms with Crippen molar-refractivity contribution in [1.82, 2.24) is 4.57 Å². The van der Waals surface area contributed by atoms with Crippen LogP contribution in [0.3, 0.4) is 0 Å². The molecule has 0 spiro atoms. The molecule has 0 fully saturated rings. The predicted molar refractivity (Wildman–Crippen MR) is 94.7 cm³/mol. The maximum absolute atomic E-state index is 12.4. The van der Waals surface area contributed by atoms with Crippen LogP contribution in [0.25, 0.3) is 10.9 Å². The Morgan fingerprint density at radius 2 is 1.80 bits per heavy atom. The van der Waals surface area contributed by atoms with Gasteiger partial charge in [0.15, 0.2) is 15.6 Å². The molecule has 0 bridgehead atoms. The number of nitrogens with zero attached hydrogens (tertiary/aromatic N) is 1. The number of aliphatic hydroxyl groups excluding tert-OH is 1. The van der Waals surface area contributed by atoms with Crippen molar-refractivity contribution in [3.63, 3.8) is 0 Å². The number of benzene rings is 2. The van der Waals surface area contributed by atoms with Gasteiger partial charge in [-0.1, -0.05) is 42.5 Å². The minimum absolute atomic E-state index is 0.159. The van der Waals surface area contributed by atoms with E-state index < -0.39 is 16.4 Å². The van der Waals surface area contributed by atoms with Gasteiger partial charge in [-0.2, -0.15) is 0 Å². The fourth-order valence-electron chi connectivity index (χ4n) is 3.50. The molecule has 1 aromatic heterocycles. The third-order valence-corrected chi connectivity index (χ3v) is 6.53. The van der Waals surface area contributed by atoms with Crippen LogP contribution in [0.4, 0.5) is 0 Å². The average Bonchev–Trinajstić information content (AvgIpc) is 3.11. The van der Waals surface area contributed by atoms with E-state index in [0.717, 1.165) is 22.2 Å². The number of carbonyl (C=O) groups is 1. The van der Waals surface area contributed by atoms with Gasteiger partial charge in [-0.15, -0.1) is 0 Å². The normalized spacial score (nSPS) is 15.4. The van der Waals surface area contributed by atoms with E-state index in [9.17, 15) is 13.2 Å². The topological polar surface area (TPSA) is 76.4 Å². The monoisotopic (exact) mass is 355 g/mol. The van der Waals surface area contributed by atoms with Crippen LogP contribution in [-0.2, 0) is 22.8 Å². The number of aromatic nitrogens is 1. The van der Waals surface area contributed by atoms with Crippen LogP contribution < -0.4 is 0 Å². The van der Waals surface area contributed by atoms with Gasteiger partial charge in [0.2, 0.25) is 0 Å². The minimum Gasteiger partial charge on any atom is -0.388 e. The highest BCUT2D eigenvalue weighted by Gasteiger charge is 2.33. The van der Waals surface area contributed by atoms with Gasteiger partial charge in [-0.25, -0.2) is 8.42 Å². The van der Waals surface area contributed by atoms with E-state index in [4.69, 9.17) is 5.11 Å². The number of hydrogen-bond acceptors (Lipinski definition) is 4. The highest BCUT2D eigenvalue weighted by Crippen LogP contribution is 2.36. The molecule has 0 unspecified atom stereocenters. The fraction of sp³-hybridized carbons (Fsp3) is 0.211. The van der Waals surface area contributed by atoms with Gasteiger partial charge in [0, 0.05) is 35.1 Å². The third-order valence-electron chi connectivity index (χ3n) is 4.71. The molecule has 0 saturated heterocycles. The van der Waals surface area contributed by atoms with Crippen LogP contribution in [0.5, 0.6) is 0 Å².